The minimum Gasteiger partial charge on any atom is -0.313 e. The predicted octanol–water partition coefficient (Wildman–Crippen LogP) is 5.00. The van der Waals surface area contributed by atoms with Crippen LogP contribution in [0.5, 0.6) is 0 Å². The molecule has 1 nitrogen and oxygen atoms in total. The van der Waals surface area contributed by atoms with Gasteiger partial charge in [0.05, 0.1) is 0 Å². The van der Waals surface area contributed by atoms with Gasteiger partial charge in [0.2, 0.25) is 0 Å². The lowest BCUT2D eigenvalue weighted by atomic mass is 9.83. The molecule has 2 fully saturated rings. The van der Waals surface area contributed by atoms with Crippen molar-refractivity contribution in [3.63, 3.8) is 0 Å². The van der Waals surface area contributed by atoms with Crippen LogP contribution in [0.2, 0.25) is 0 Å². The number of rotatable bonds is 6. The molecule has 0 aromatic carbocycles. The fraction of sp³-hybridized carbons (Fsp3) is 1.00. The van der Waals surface area contributed by atoms with Crippen LogP contribution in [0.15, 0.2) is 0 Å². The van der Waals surface area contributed by atoms with Gasteiger partial charge < -0.3 is 5.32 Å². The summed E-state index contributed by atoms with van der Waals surface area (Å²) in [5, 5.41) is 5.64. The Morgan fingerprint density at radius 3 is 2.47 bits per heavy atom. The summed E-state index contributed by atoms with van der Waals surface area (Å²) in [6.07, 6.45) is 14.6. The van der Waals surface area contributed by atoms with Crippen molar-refractivity contribution >= 4 is 11.8 Å². The molecule has 0 amide bonds. The molecule has 0 aromatic heterocycles. The summed E-state index contributed by atoms with van der Waals surface area (Å²) in [5.41, 5.74) is 0. The van der Waals surface area contributed by atoms with Crippen molar-refractivity contribution < 1.29 is 0 Å². The first-order valence-electron chi connectivity index (χ1n) is 8.72. The van der Waals surface area contributed by atoms with Crippen LogP contribution >= 0.6 is 11.8 Å². The van der Waals surface area contributed by atoms with Gasteiger partial charge in [-0.25, -0.2) is 0 Å². The largest absolute Gasteiger partial charge is 0.313 e. The summed E-state index contributed by atoms with van der Waals surface area (Å²) >= 11 is 2.36. The first kappa shape index (κ1) is 15.7. The lowest BCUT2D eigenvalue weighted by Crippen LogP contribution is -2.43. The average molecular weight is 284 g/mol. The highest BCUT2D eigenvalue weighted by molar-refractivity contribution is 8.00. The van der Waals surface area contributed by atoms with Gasteiger partial charge in [0.15, 0.2) is 0 Å². The second kappa shape index (κ2) is 8.56. The van der Waals surface area contributed by atoms with Gasteiger partial charge >= 0.3 is 0 Å². The molecular weight excluding hydrogens is 250 g/mol. The molecule has 112 valence electrons. The van der Waals surface area contributed by atoms with E-state index in [1.165, 1.54) is 64.2 Å². The first-order valence-corrected chi connectivity index (χ1v) is 9.66. The van der Waals surface area contributed by atoms with Crippen LogP contribution in [0.4, 0.5) is 0 Å². The van der Waals surface area contributed by atoms with Gasteiger partial charge in [-0.05, 0) is 44.6 Å². The van der Waals surface area contributed by atoms with Gasteiger partial charge in [-0.3, -0.25) is 0 Å². The molecule has 2 rings (SSSR count). The highest BCUT2D eigenvalue weighted by Crippen LogP contribution is 2.40. The molecular formula is C17H33NS. The maximum absolute atomic E-state index is 3.77. The van der Waals surface area contributed by atoms with Crippen LogP contribution in [0, 0.1) is 5.92 Å². The van der Waals surface area contributed by atoms with E-state index in [4.69, 9.17) is 0 Å². The van der Waals surface area contributed by atoms with E-state index in [2.05, 4.69) is 30.9 Å². The van der Waals surface area contributed by atoms with Crippen LogP contribution in [0.25, 0.3) is 0 Å². The van der Waals surface area contributed by atoms with Crippen molar-refractivity contribution in [1.29, 1.82) is 0 Å². The topological polar surface area (TPSA) is 12.0 Å². The standard InChI is InChI=1S/C17H33NS/c1-3-8-14-11-12-16(18-4-2)17(13-14)19-15-9-6-5-7-10-15/h14-18H,3-13H2,1-2H3. The molecule has 2 aliphatic rings. The maximum Gasteiger partial charge on any atom is 0.0206 e. The molecule has 0 radical (unpaired) electrons. The van der Waals surface area contributed by atoms with Gasteiger partial charge in [-0.1, -0.05) is 46.0 Å². The third-order valence-electron chi connectivity index (χ3n) is 4.98. The molecule has 19 heavy (non-hydrogen) atoms. The molecule has 0 saturated heterocycles. The molecule has 0 heterocycles. The quantitative estimate of drug-likeness (QED) is 0.736. The molecule has 3 atom stereocenters. The molecule has 3 unspecified atom stereocenters. The molecule has 0 aromatic rings. The zero-order valence-electron chi connectivity index (χ0n) is 13.0. The summed E-state index contributed by atoms with van der Waals surface area (Å²) < 4.78 is 0. The van der Waals surface area contributed by atoms with Crippen LogP contribution in [-0.4, -0.2) is 23.1 Å². The Kier molecular flexibility index (Phi) is 7.07. The number of nitrogens with one attached hydrogen (secondary N) is 1. The Morgan fingerprint density at radius 1 is 1.00 bits per heavy atom. The monoisotopic (exact) mass is 283 g/mol. The highest BCUT2D eigenvalue weighted by atomic mass is 32.2. The van der Waals surface area contributed by atoms with E-state index in [1.54, 1.807) is 0 Å². The molecule has 2 heteroatoms. The van der Waals surface area contributed by atoms with E-state index >= 15 is 0 Å². The summed E-state index contributed by atoms with van der Waals surface area (Å²) in [4.78, 5) is 0. The van der Waals surface area contributed by atoms with Crippen LogP contribution < -0.4 is 5.32 Å². The van der Waals surface area contributed by atoms with E-state index < -0.39 is 0 Å². The van der Waals surface area contributed by atoms with Crippen LogP contribution in [-0.2, 0) is 0 Å². The zero-order chi connectivity index (χ0) is 13.5. The Morgan fingerprint density at radius 2 is 1.79 bits per heavy atom. The van der Waals surface area contributed by atoms with Gasteiger partial charge in [0.1, 0.15) is 0 Å². The Hall–Kier alpha value is 0.310. The van der Waals surface area contributed by atoms with E-state index in [-0.39, 0.29) is 0 Å². The normalized spacial score (nSPS) is 33.5. The lowest BCUT2D eigenvalue weighted by Gasteiger charge is -2.38. The van der Waals surface area contributed by atoms with Crippen molar-refractivity contribution in [2.45, 2.75) is 94.6 Å². The van der Waals surface area contributed by atoms with E-state index in [1.807, 2.05) is 0 Å². The third kappa shape index (κ3) is 4.97. The zero-order valence-corrected chi connectivity index (χ0v) is 13.8. The van der Waals surface area contributed by atoms with Crippen molar-refractivity contribution in [2.75, 3.05) is 6.54 Å². The van der Waals surface area contributed by atoms with Crippen molar-refractivity contribution in [3.05, 3.63) is 0 Å². The van der Waals surface area contributed by atoms with E-state index in [9.17, 15) is 0 Å². The van der Waals surface area contributed by atoms with E-state index in [0.29, 0.717) is 0 Å². The number of hydrogen-bond acceptors (Lipinski definition) is 2. The highest BCUT2D eigenvalue weighted by Gasteiger charge is 2.32. The Labute approximate surface area is 124 Å². The van der Waals surface area contributed by atoms with Crippen molar-refractivity contribution in [1.82, 2.24) is 5.32 Å². The van der Waals surface area contributed by atoms with Gasteiger partial charge in [-0.2, -0.15) is 11.8 Å². The van der Waals surface area contributed by atoms with Gasteiger partial charge in [0, 0.05) is 16.5 Å². The van der Waals surface area contributed by atoms with Crippen LogP contribution in [0.3, 0.4) is 0 Å². The third-order valence-corrected chi connectivity index (χ3v) is 6.71. The molecule has 2 saturated carbocycles. The summed E-state index contributed by atoms with van der Waals surface area (Å²) in [6, 6.07) is 0.796. The Bertz CT molecular complexity index is 237. The first-order chi connectivity index (χ1) is 9.33. The second-order valence-corrected chi connectivity index (χ2v) is 8.11. The van der Waals surface area contributed by atoms with Crippen molar-refractivity contribution in [2.24, 2.45) is 5.92 Å². The van der Waals surface area contributed by atoms with Gasteiger partial charge in [-0.15, -0.1) is 0 Å². The minimum absolute atomic E-state index is 0.796. The maximum atomic E-state index is 3.77. The SMILES string of the molecule is CCCC1CCC(NCC)C(SC2CCCCC2)C1. The van der Waals surface area contributed by atoms with Crippen LogP contribution in [0.1, 0.15) is 78.1 Å². The summed E-state index contributed by atoms with van der Waals surface area (Å²) in [7, 11) is 0. The fourth-order valence-corrected chi connectivity index (χ4v) is 5.88. The second-order valence-electron chi connectivity index (χ2n) is 6.57. The average Bonchev–Trinajstić information content (AvgIpc) is 2.43. The Balaban J connectivity index is 1.86. The molecule has 0 spiro atoms. The number of hydrogen-bond donors (Lipinski definition) is 1. The smallest absolute Gasteiger partial charge is 0.0206 e. The van der Waals surface area contributed by atoms with Crippen molar-refractivity contribution in [3.8, 4) is 0 Å². The summed E-state index contributed by atoms with van der Waals surface area (Å²) in [6.45, 7) is 5.75. The fourth-order valence-electron chi connectivity index (χ4n) is 3.98. The molecule has 0 aliphatic heterocycles. The van der Waals surface area contributed by atoms with Gasteiger partial charge in [0.25, 0.3) is 0 Å². The molecule has 1 N–H and O–H groups in total. The predicted molar refractivity (Wildman–Crippen MR) is 88.0 cm³/mol. The minimum atomic E-state index is 0.796. The summed E-state index contributed by atoms with van der Waals surface area (Å²) in [5.74, 6) is 1.01. The molecule has 2 aliphatic carbocycles. The lowest BCUT2D eigenvalue weighted by molar-refractivity contribution is 0.288. The van der Waals surface area contributed by atoms with E-state index in [0.717, 1.165) is 29.0 Å². The molecule has 0 bridgehead atoms. The number of thioether (sulfide) groups is 1.